The molecule has 0 aliphatic rings. The van der Waals surface area contributed by atoms with Crippen LogP contribution in [0.1, 0.15) is 18.9 Å². The molecule has 0 aliphatic carbocycles. The number of nitrogens with zero attached hydrogens (tertiary/aromatic N) is 3. The first-order valence-corrected chi connectivity index (χ1v) is 5.63. The summed E-state index contributed by atoms with van der Waals surface area (Å²) in [5, 5.41) is 8.28. The molecule has 3 nitrogen and oxygen atoms in total. The Kier molecular flexibility index (Phi) is 4.79. The number of anilines is 1. The van der Waals surface area contributed by atoms with E-state index in [9.17, 15) is 13.2 Å². The number of hydrogen-bond acceptors (Lipinski definition) is 3. The van der Waals surface area contributed by atoms with E-state index in [1.165, 1.54) is 0 Å². The molecule has 0 aromatic carbocycles. The van der Waals surface area contributed by atoms with Crippen LogP contribution in [0.2, 0.25) is 5.15 Å². The molecule has 18 heavy (non-hydrogen) atoms. The molecule has 0 amide bonds. The molecule has 1 rings (SSSR count). The van der Waals surface area contributed by atoms with Crippen molar-refractivity contribution in [3.63, 3.8) is 0 Å². The fourth-order valence-corrected chi connectivity index (χ4v) is 1.63. The largest absolute Gasteiger partial charge is 0.416 e. The van der Waals surface area contributed by atoms with Gasteiger partial charge in [-0.05, 0) is 19.1 Å². The second-order valence-corrected chi connectivity index (χ2v) is 3.91. The molecule has 0 bridgehead atoms. The maximum atomic E-state index is 12.6. The molecule has 0 fully saturated rings. The lowest BCUT2D eigenvalue weighted by Crippen LogP contribution is -2.25. The van der Waals surface area contributed by atoms with Crippen molar-refractivity contribution in [2.45, 2.75) is 19.5 Å². The fraction of sp³-hybridized carbons (Fsp3) is 0.455. The van der Waals surface area contributed by atoms with Gasteiger partial charge in [-0.3, -0.25) is 0 Å². The number of pyridine rings is 1. The van der Waals surface area contributed by atoms with Crippen LogP contribution in [0.4, 0.5) is 19.0 Å². The van der Waals surface area contributed by atoms with Gasteiger partial charge in [-0.1, -0.05) is 11.6 Å². The van der Waals surface area contributed by atoms with Gasteiger partial charge < -0.3 is 4.90 Å². The van der Waals surface area contributed by atoms with E-state index in [0.29, 0.717) is 13.1 Å². The normalized spacial score (nSPS) is 11.1. The number of hydrogen-bond donors (Lipinski definition) is 0. The SMILES string of the molecule is CCN(CCC#N)c1cc(C(F)(F)F)cc(Cl)n1. The minimum absolute atomic E-state index is 0.132. The van der Waals surface area contributed by atoms with Gasteiger partial charge in [-0.15, -0.1) is 0 Å². The van der Waals surface area contributed by atoms with Crippen LogP contribution in [0.5, 0.6) is 0 Å². The van der Waals surface area contributed by atoms with E-state index in [4.69, 9.17) is 16.9 Å². The van der Waals surface area contributed by atoms with Gasteiger partial charge in [0.1, 0.15) is 11.0 Å². The molecule has 1 heterocycles. The molecular weight excluding hydrogens is 267 g/mol. The zero-order chi connectivity index (χ0) is 13.8. The lowest BCUT2D eigenvalue weighted by atomic mass is 10.2. The summed E-state index contributed by atoms with van der Waals surface area (Å²) < 4.78 is 37.8. The molecule has 1 aromatic rings. The lowest BCUT2D eigenvalue weighted by Gasteiger charge is -2.21. The number of nitriles is 1. The van der Waals surface area contributed by atoms with Gasteiger partial charge in [0, 0.05) is 13.1 Å². The molecule has 98 valence electrons. The minimum atomic E-state index is -4.46. The average Bonchev–Trinajstić information content (AvgIpc) is 2.28. The van der Waals surface area contributed by atoms with Crippen LogP contribution in [0.25, 0.3) is 0 Å². The van der Waals surface area contributed by atoms with E-state index in [0.717, 1.165) is 12.1 Å². The zero-order valence-corrected chi connectivity index (χ0v) is 10.4. The van der Waals surface area contributed by atoms with E-state index >= 15 is 0 Å². The highest BCUT2D eigenvalue weighted by molar-refractivity contribution is 6.29. The zero-order valence-electron chi connectivity index (χ0n) is 9.63. The molecule has 0 radical (unpaired) electrons. The maximum Gasteiger partial charge on any atom is 0.416 e. The smallest absolute Gasteiger partial charge is 0.356 e. The lowest BCUT2D eigenvalue weighted by molar-refractivity contribution is -0.137. The molecule has 0 unspecified atom stereocenters. The summed E-state index contributed by atoms with van der Waals surface area (Å²) in [6.07, 6.45) is -4.25. The molecule has 0 spiro atoms. The number of alkyl halides is 3. The molecule has 0 saturated carbocycles. The highest BCUT2D eigenvalue weighted by Crippen LogP contribution is 2.32. The third kappa shape index (κ3) is 3.77. The predicted molar refractivity (Wildman–Crippen MR) is 62.4 cm³/mol. The first-order chi connectivity index (χ1) is 8.38. The van der Waals surface area contributed by atoms with Crippen molar-refractivity contribution < 1.29 is 13.2 Å². The number of rotatable bonds is 4. The van der Waals surface area contributed by atoms with Gasteiger partial charge >= 0.3 is 6.18 Å². The second-order valence-electron chi connectivity index (χ2n) is 3.52. The van der Waals surface area contributed by atoms with Gasteiger partial charge in [0.05, 0.1) is 18.1 Å². The van der Waals surface area contributed by atoms with E-state index in [1.54, 1.807) is 11.8 Å². The van der Waals surface area contributed by atoms with Crippen molar-refractivity contribution in [2.75, 3.05) is 18.0 Å². The van der Waals surface area contributed by atoms with Crippen LogP contribution in [0, 0.1) is 11.3 Å². The standard InChI is InChI=1S/C11H11ClF3N3/c1-2-18(5-3-4-16)10-7-8(11(13,14)15)6-9(12)17-10/h6-7H,2-3,5H2,1H3. The monoisotopic (exact) mass is 277 g/mol. The quantitative estimate of drug-likeness (QED) is 0.791. The third-order valence-electron chi connectivity index (χ3n) is 2.31. The average molecular weight is 278 g/mol. The summed E-state index contributed by atoms with van der Waals surface area (Å²) >= 11 is 5.59. The first-order valence-electron chi connectivity index (χ1n) is 5.25. The van der Waals surface area contributed by atoms with E-state index in [1.807, 2.05) is 6.07 Å². The fourth-order valence-electron chi connectivity index (χ4n) is 1.43. The van der Waals surface area contributed by atoms with Crippen LogP contribution in [-0.4, -0.2) is 18.1 Å². The van der Waals surface area contributed by atoms with E-state index in [-0.39, 0.29) is 17.4 Å². The van der Waals surface area contributed by atoms with Crippen molar-refractivity contribution in [1.82, 2.24) is 4.98 Å². The molecule has 0 aliphatic heterocycles. The van der Waals surface area contributed by atoms with Gasteiger partial charge in [-0.2, -0.15) is 18.4 Å². The van der Waals surface area contributed by atoms with Crippen LogP contribution in [0.3, 0.4) is 0 Å². The Labute approximate surface area is 108 Å². The summed E-state index contributed by atoms with van der Waals surface area (Å²) in [6.45, 7) is 2.54. The summed E-state index contributed by atoms with van der Waals surface area (Å²) in [6, 6.07) is 3.66. The summed E-state index contributed by atoms with van der Waals surface area (Å²) in [5.74, 6) is 0.132. The maximum absolute atomic E-state index is 12.6. The van der Waals surface area contributed by atoms with Crippen LogP contribution in [0.15, 0.2) is 12.1 Å². The summed E-state index contributed by atoms with van der Waals surface area (Å²) in [4.78, 5) is 5.43. The Bertz CT molecular complexity index is 454. The Balaban J connectivity index is 3.08. The molecule has 0 saturated heterocycles. The van der Waals surface area contributed by atoms with Crippen molar-refractivity contribution in [3.05, 3.63) is 22.8 Å². The Morgan fingerprint density at radius 3 is 2.61 bits per heavy atom. The Morgan fingerprint density at radius 2 is 2.11 bits per heavy atom. The van der Waals surface area contributed by atoms with Crippen LogP contribution < -0.4 is 4.90 Å². The van der Waals surface area contributed by atoms with Crippen molar-refractivity contribution >= 4 is 17.4 Å². The highest BCUT2D eigenvalue weighted by atomic mass is 35.5. The molecule has 0 N–H and O–H groups in total. The third-order valence-corrected chi connectivity index (χ3v) is 2.50. The van der Waals surface area contributed by atoms with Gasteiger partial charge in [-0.25, -0.2) is 4.98 Å². The van der Waals surface area contributed by atoms with E-state index in [2.05, 4.69) is 4.98 Å². The molecule has 1 aromatic heterocycles. The van der Waals surface area contributed by atoms with Gasteiger partial charge in [0.15, 0.2) is 0 Å². The Hall–Kier alpha value is -1.48. The summed E-state index contributed by atoms with van der Waals surface area (Å²) in [5.41, 5.74) is -0.840. The minimum Gasteiger partial charge on any atom is -0.356 e. The number of halogens is 4. The molecular formula is C11H11ClF3N3. The summed E-state index contributed by atoms with van der Waals surface area (Å²) in [7, 11) is 0. The topological polar surface area (TPSA) is 39.9 Å². The number of aromatic nitrogens is 1. The second kappa shape index (κ2) is 5.91. The van der Waals surface area contributed by atoms with Crippen LogP contribution >= 0.6 is 11.6 Å². The highest BCUT2D eigenvalue weighted by Gasteiger charge is 2.32. The van der Waals surface area contributed by atoms with Crippen molar-refractivity contribution in [1.29, 1.82) is 5.26 Å². The van der Waals surface area contributed by atoms with Gasteiger partial charge in [0.2, 0.25) is 0 Å². The van der Waals surface area contributed by atoms with Crippen LogP contribution in [-0.2, 0) is 6.18 Å². The van der Waals surface area contributed by atoms with Crippen molar-refractivity contribution in [3.8, 4) is 6.07 Å². The first kappa shape index (κ1) is 14.6. The molecule has 0 atom stereocenters. The predicted octanol–water partition coefficient (Wildman–Crippen LogP) is 3.49. The molecule has 7 heteroatoms. The Morgan fingerprint density at radius 1 is 1.44 bits per heavy atom. The van der Waals surface area contributed by atoms with Crippen molar-refractivity contribution in [2.24, 2.45) is 0 Å². The van der Waals surface area contributed by atoms with Gasteiger partial charge in [0.25, 0.3) is 0 Å². The van der Waals surface area contributed by atoms with E-state index < -0.39 is 11.7 Å².